The molecule has 0 spiro atoms. The van der Waals surface area contributed by atoms with Crippen molar-refractivity contribution in [3.8, 4) is 0 Å². The summed E-state index contributed by atoms with van der Waals surface area (Å²) < 4.78 is 38.8. The van der Waals surface area contributed by atoms with Gasteiger partial charge in [-0.3, -0.25) is 19.8 Å². The maximum absolute atomic E-state index is 12.9. The van der Waals surface area contributed by atoms with E-state index in [1.54, 1.807) is 19.1 Å². The van der Waals surface area contributed by atoms with Crippen LogP contribution in [0.5, 0.6) is 0 Å². The number of nitro groups is 1. The number of carbonyl (C=O) groups is 1. The molecule has 7 nitrogen and oxygen atoms in total. The van der Waals surface area contributed by atoms with Crippen molar-refractivity contribution >= 4 is 23.0 Å². The van der Waals surface area contributed by atoms with Crippen LogP contribution >= 0.6 is 0 Å². The highest BCUT2D eigenvalue weighted by molar-refractivity contribution is 5.92. The number of hydrogen-bond acceptors (Lipinski definition) is 5. The van der Waals surface area contributed by atoms with E-state index in [9.17, 15) is 28.1 Å². The Morgan fingerprint density at radius 2 is 1.81 bits per heavy atom. The fourth-order valence-electron chi connectivity index (χ4n) is 3.54. The van der Waals surface area contributed by atoms with Gasteiger partial charge in [0.2, 0.25) is 5.91 Å². The molecule has 0 atom stereocenters. The lowest BCUT2D eigenvalue weighted by molar-refractivity contribution is -0.385. The average molecular weight is 436 g/mol. The van der Waals surface area contributed by atoms with E-state index in [4.69, 9.17) is 0 Å². The van der Waals surface area contributed by atoms with Crippen LogP contribution in [0, 0.1) is 17.0 Å². The molecule has 0 aromatic heterocycles. The SMILES string of the molecule is Cc1c(NC(=O)CCN2CCN(c3cccc(C(F)(F)F)c3)CC2)cccc1[N+](=O)[O-]. The van der Waals surface area contributed by atoms with Crippen molar-refractivity contribution in [1.29, 1.82) is 0 Å². The summed E-state index contributed by atoms with van der Waals surface area (Å²) in [6, 6.07) is 9.81. The number of nitrogens with one attached hydrogen (secondary N) is 1. The fraction of sp³-hybridized carbons (Fsp3) is 0.381. The van der Waals surface area contributed by atoms with Crippen LogP contribution in [-0.4, -0.2) is 48.5 Å². The van der Waals surface area contributed by atoms with Crippen LogP contribution in [0.15, 0.2) is 42.5 Å². The first-order chi connectivity index (χ1) is 14.6. The van der Waals surface area contributed by atoms with Gasteiger partial charge in [-0.2, -0.15) is 13.2 Å². The van der Waals surface area contributed by atoms with E-state index in [2.05, 4.69) is 10.2 Å². The van der Waals surface area contributed by atoms with Gasteiger partial charge in [-0.25, -0.2) is 0 Å². The summed E-state index contributed by atoms with van der Waals surface area (Å²) in [4.78, 5) is 26.8. The van der Waals surface area contributed by atoms with Gasteiger partial charge in [0.25, 0.3) is 5.69 Å². The number of amides is 1. The second-order valence-electron chi connectivity index (χ2n) is 7.38. The Kier molecular flexibility index (Phi) is 6.79. The van der Waals surface area contributed by atoms with Gasteiger partial charge in [-0.1, -0.05) is 12.1 Å². The minimum Gasteiger partial charge on any atom is -0.369 e. The highest BCUT2D eigenvalue weighted by Gasteiger charge is 2.31. The van der Waals surface area contributed by atoms with E-state index in [1.807, 2.05) is 4.90 Å². The highest BCUT2D eigenvalue weighted by atomic mass is 19.4. The number of piperazine rings is 1. The number of halogens is 3. The van der Waals surface area contributed by atoms with Crippen LogP contribution in [-0.2, 0) is 11.0 Å². The zero-order valence-corrected chi connectivity index (χ0v) is 17.0. The predicted molar refractivity (Wildman–Crippen MR) is 111 cm³/mol. The number of carbonyl (C=O) groups excluding carboxylic acids is 1. The maximum atomic E-state index is 12.9. The van der Waals surface area contributed by atoms with Crippen molar-refractivity contribution in [1.82, 2.24) is 4.90 Å². The number of nitrogens with zero attached hydrogens (tertiary/aromatic N) is 3. The van der Waals surface area contributed by atoms with Crippen molar-refractivity contribution in [2.24, 2.45) is 0 Å². The van der Waals surface area contributed by atoms with Crippen LogP contribution in [0.2, 0.25) is 0 Å². The second kappa shape index (κ2) is 9.34. The lowest BCUT2D eigenvalue weighted by atomic mass is 10.1. The molecule has 3 rings (SSSR count). The third-order valence-corrected chi connectivity index (χ3v) is 5.34. The molecule has 31 heavy (non-hydrogen) atoms. The molecule has 10 heteroatoms. The largest absolute Gasteiger partial charge is 0.416 e. The molecule has 0 radical (unpaired) electrons. The fourth-order valence-corrected chi connectivity index (χ4v) is 3.54. The summed E-state index contributed by atoms with van der Waals surface area (Å²) in [5, 5.41) is 13.7. The lowest BCUT2D eigenvalue weighted by Crippen LogP contribution is -2.47. The first-order valence-electron chi connectivity index (χ1n) is 9.83. The first-order valence-corrected chi connectivity index (χ1v) is 9.83. The number of rotatable bonds is 6. The third-order valence-electron chi connectivity index (χ3n) is 5.34. The number of hydrogen-bond donors (Lipinski definition) is 1. The standard InChI is InChI=1S/C21H23F3N4O3/c1-15-18(6-3-7-19(15)28(30)31)25-20(29)8-9-26-10-12-27(13-11-26)17-5-2-4-16(14-17)21(22,23)24/h2-7,14H,8-13H2,1H3,(H,25,29). The zero-order valence-electron chi connectivity index (χ0n) is 17.0. The van der Waals surface area contributed by atoms with Crippen LogP contribution in [0.25, 0.3) is 0 Å². The minimum atomic E-state index is -4.37. The summed E-state index contributed by atoms with van der Waals surface area (Å²) >= 11 is 0. The van der Waals surface area contributed by atoms with E-state index in [1.165, 1.54) is 18.2 Å². The number of nitro benzene ring substituents is 1. The number of benzene rings is 2. The molecule has 0 aliphatic carbocycles. The Hall–Kier alpha value is -3.14. The molecule has 1 aliphatic rings. The molecule has 0 saturated carbocycles. The summed E-state index contributed by atoms with van der Waals surface area (Å²) in [5.41, 5.74) is 0.626. The molecule has 0 unspecified atom stereocenters. The van der Waals surface area contributed by atoms with E-state index in [-0.39, 0.29) is 18.0 Å². The molecule has 1 fully saturated rings. The van der Waals surface area contributed by atoms with Gasteiger partial charge >= 0.3 is 6.18 Å². The molecule has 1 aliphatic heterocycles. The Labute approximate surface area is 177 Å². The van der Waals surface area contributed by atoms with Gasteiger partial charge in [0.1, 0.15) is 0 Å². The molecule has 2 aromatic carbocycles. The maximum Gasteiger partial charge on any atom is 0.416 e. The summed E-state index contributed by atoms with van der Waals surface area (Å²) in [6.45, 7) is 4.45. The molecule has 1 heterocycles. The summed E-state index contributed by atoms with van der Waals surface area (Å²) in [7, 11) is 0. The first kappa shape index (κ1) is 22.5. The monoisotopic (exact) mass is 436 g/mol. The lowest BCUT2D eigenvalue weighted by Gasteiger charge is -2.36. The topological polar surface area (TPSA) is 78.7 Å². The normalized spacial score (nSPS) is 15.0. The summed E-state index contributed by atoms with van der Waals surface area (Å²) in [6.07, 6.45) is -4.16. The van der Waals surface area contributed by atoms with Crippen LogP contribution < -0.4 is 10.2 Å². The zero-order chi connectivity index (χ0) is 22.6. The van der Waals surface area contributed by atoms with Crippen LogP contribution in [0.1, 0.15) is 17.5 Å². The Morgan fingerprint density at radius 1 is 1.13 bits per heavy atom. The molecule has 1 saturated heterocycles. The van der Waals surface area contributed by atoms with E-state index in [0.29, 0.717) is 49.7 Å². The van der Waals surface area contributed by atoms with Crippen molar-refractivity contribution < 1.29 is 22.9 Å². The van der Waals surface area contributed by atoms with Gasteiger partial charge in [-0.05, 0) is 31.2 Å². The van der Waals surface area contributed by atoms with Gasteiger partial charge in [-0.15, -0.1) is 0 Å². The third kappa shape index (κ3) is 5.72. The number of alkyl halides is 3. The van der Waals surface area contributed by atoms with Crippen LogP contribution in [0.4, 0.5) is 30.2 Å². The molecular weight excluding hydrogens is 413 g/mol. The van der Waals surface area contributed by atoms with Gasteiger partial charge in [0, 0.05) is 50.9 Å². The minimum absolute atomic E-state index is 0.0523. The molecule has 0 bridgehead atoms. The Bertz CT molecular complexity index is 957. The van der Waals surface area contributed by atoms with Crippen molar-refractivity contribution in [3.63, 3.8) is 0 Å². The molecule has 166 valence electrons. The Morgan fingerprint density at radius 3 is 2.45 bits per heavy atom. The summed E-state index contributed by atoms with van der Waals surface area (Å²) in [5.74, 6) is -0.246. The molecule has 2 aromatic rings. The van der Waals surface area contributed by atoms with Crippen molar-refractivity contribution in [3.05, 3.63) is 63.7 Å². The van der Waals surface area contributed by atoms with E-state index < -0.39 is 16.7 Å². The quantitative estimate of drug-likeness (QED) is 0.546. The van der Waals surface area contributed by atoms with E-state index >= 15 is 0 Å². The van der Waals surface area contributed by atoms with Gasteiger partial charge < -0.3 is 10.2 Å². The average Bonchev–Trinajstić information content (AvgIpc) is 2.73. The molecule has 1 N–H and O–H groups in total. The van der Waals surface area contributed by atoms with Crippen LogP contribution in [0.3, 0.4) is 0 Å². The van der Waals surface area contributed by atoms with E-state index in [0.717, 1.165) is 12.1 Å². The van der Waals surface area contributed by atoms with Crippen molar-refractivity contribution in [2.45, 2.75) is 19.5 Å². The molecule has 1 amide bonds. The molecular formula is C21H23F3N4O3. The van der Waals surface area contributed by atoms with Gasteiger partial charge in [0.05, 0.1) is 21.7 Å². The van der Waals surface area contributed by atoms with Crippen molar-refractivity contribution in [2.75, 3.05) is 42.9 Å². The predicted octanol–water partition coefficient (Wildman–Crippen LogP) is 4.07. The van der Waals surface area contributed by atoms with Gasteiger partial charge in [0.15, 0.2) is 0 Å². The smallest absolute Gasteiger partial charge is 0.369 e. The Balaban J connectivity index is 1.49. The number of anilines is 2. The highest BCUT2D eigenvalue weighted by Crippen LogP contribution is 2.32. The second-order valence-corrected chi connectivity index (χ2v) is 7.38.